The Morgan fingerprint density at radius 3 is 2.79 bits per heavy atom. The van der Waals surface area contributed by atoms with Gasteiger partial charge in [-0.3, -0.25) is 0 Å². The van der Waals surface area contributed by atoms with Crippen molar-refractivity contribution < 1.29 is 4.74 Å². The Balaban J connectivity index is 2.66. The van der Waals surface area contributed by atoms with E-state index in [9.17, 15) is 0 Å². The molecule has 0 aliphatic heterocycles. The molecule has 1 heterocycles. The third kappa shape index (κ3) is 3.29. The number of pyridine rings is 1. The first kappa shape index (κ1) is 11.5. The van der Waals surface area contributed by atoms with Crippen molar-refractivity contribution in [1.82, 2.24) is 4.98 Å². The average molecular weight is 258 g/mol. The summed E-state index contributed by atoms with van der Waals surface area (Å²) in [5, 5.41) is 0. The minimum absolute atomic E-state index is 0.509. The molecular formula is C11H16BrNO. The largest absolute Gasteiger partial charge is 0.481 e. The van der Waals surface area contributed by atoms with E-state index in [2.05, 4.69) is 34.8 Å². The van der Waals surface area contributed by atoms with Gasteiger partial charge in [0, 0.05) is 17.1 Å². The number of methoxy groups -OCH3 is 1. The van der Waals surface area contributed by atoms with Crippen molar-refractivity contribution in [2.75, 3.05) is 7.11 Å². The average Bonchev–Trinajstić information content (AvgIpc) is 2.18. The molecule has 0 fully saturated rings. The molecule has 0 aromatic carbocycles. The Bertz CT molecular complexity index is 288. The lowest BCUT2D eigenvalue weighted by Gasteiger charge is -2.13. The SMILES string of the molecule is COc1cc(CC(Br)C(C)C)ccn1. The molecule has 0 bridgehead atoms. The summed E-state index contributed by atoms with van der Waals surface area (Å²) in [4.78, 5) is 4.58. The van der Waals surface area contributed by atoms with Crippen LogP contribution in [-0.4, -0.2) is 16.9 Å². The molecule has 0 N–H and O–H groups in total. The summed E-state index contributed by atoms with van der Waals surface area (Å²) in [6.07, 6.45) is 2.80. The molecular weight excluding hydrogens is 242 g/mol. The summed E-state index contributed by atoms with van der Waals surface area (Å²) in [7, 11) is 1.64. The topological polar surface area (TPSA) is 22.1 Å². The van der Waals surface area contributed by atoms with Crippen molar-refractivity contribution in [2.45, 2.75) is 25.1 Å². The summed E-state index contributed by atoms with van der Waals surface area (Å²) < 4.78 is 5.07. The fourth-order valence-corrected chi connectivity index (χ4v) is 1.52. The van der Waals surface area contributed by atoms with Crippen molar-refractivity contribution in [3.63, 3.8) is 0 Å². The summed E-state index contributed by atoms with van der Waals surface area (Å²) in [6.45, 7) is 4.41. The Morgan fingerprint density at radius 1 is 1.50 bits per heavy atom. The Morgan fingerprint density at radius 2 is 2.21 bits per heavy atom. The highest BCUT2D eigenvalue weighted by Crippen LogP contribution is 2.19. The van der Waals surface area contributed by atoms with Gasteiger partial charge < -0.3 is 4.74 Å². The molecule has 0 radical (unpaired) electrons. The molecule has 0 saturated carbocycles. The van der Waals surface area contributed by atoms with E-state index in [1.807, 2.05) is 12.1 Å². The summed E-state index contributed by atoms with van der Waals surface area (Å²) in [5.41, 5.74) is 1.26. The maximum atomic E-state index is 5.07. The molecule has 1 atom stereocenters. The number of ether oxygens (including phenoxy) is 1. The molecule has 0 spiro atoms. The van der Waals surface area contributed by atoms with E-state index in [0.29, 0.717) is 16.6 Å². The van der Waals surface area contributed by atoms with Gasteiger partial charge in [-0.15, -0.1) is 0 Å². The molecule has 0 aliphatic rings. The second-order valence-corrected chi connectivity index (χ2v) is 4.85. The van der Waals surface area contributed by atoms with Crippen LogP contribution in [-0.2, 0) is 6.42 Å². The quantitative estimate of drug-likeness (QED) is 0.774. The summed E-state index contributed by atoms with van der Waals surface area (Å²) >= 11 is 3.66. The second-order valence-electron chi connectivity index (χ2n) is 3.67. The van der Waals surface area contributed by atoms with Gasteiger partial charge in [-0.25, -0.2) is 4.98 Å². The van der Waals surface area contributed by atoms with E-state index in [0.717, 1.165) is 6.42 Å². The van der Waals surface area contributed by atoms with Gasteiger partial charge >= 0.3 is 0 Å². The van der Waals surface area contributed by atoms with Gasteiger partial charge in [0.05, 0.1) is 7.11 Å². The van der Waals surface area contributed by atoms with E-state index in [-0.39, 0.29) is 0 Å². The van der Waals surface area contributed by atoms with E-state index >= 15 is 0 Å². The normalized spacial score (nSPS) is 12.9. The number of aromatic nitrogens is 1. The van der Waals surface area contributed by atoms with Crippen molar-refractivity contribution in [3.8, 4) is 5.88 Å². The third-order valence-electron chi connectivity index (χ3n) is 2.16. The number of hydrogen-bond acceptors (Lipinski definition) is 2. The summed E-state index contributed by atoms with van der Waals surface area (Å²) in [6, 6.07) is 4.01. The molecule has 0 amide bonds. The van der Waals surface area contributed by atoms with Crippen LogP contribution < -0.4 is 4.74 Å². The van der Waals surface area contributed by atoms with Crippen LogP contribution in [0.5, 0.6) is 5.88 Å². The van der Waals surface area contributed by atoms with E-state index in [4.69, 9.17) is 4.74 Å². The maximum Gasteiger partial charge on any atom is 0.213 e. The van der Waals surface area contributed by atoms with Crippen LogP contribution in [0.15, 0.2) is 18.3 Å². The van der Waals surface area contributed by atoms with Crippen LogP contribution in [0.2, 0.25) is 0 Å². The molecule has 0 aliphatic carbocycles. The number of alkyl halides is 1. The lowest BCUT2D eigenvalue weighted by molar-refractivity contribution is 0.397. The minimum atomic E-state index is 0.509. The lowest BCUT2D eigenvalue weighted by Crippen LogP contribution is -2.10. The Hall–Kier alpha value is -0.570. The van der Waals surface area contributed by atoms with Crippen molar-refractivity contribution >= 4 is 15.9 Å². The fourth-order valence-electron chi connectivity index (χ4n) is 1.15. The molecule has 2 nitrogen and oxygen atoms in total. The molecule has 3 heteroatoms. The molecule has 1 aromatic heterocycles. The van der Waals surface area contributed by atoms with Crippen LogP contribution in [0.25, 0.3) is 0 Å². The fraction of sp³-hybridized carbons (Fsp3) is 0.545. The zero-order valence-electron chi connectivity index (χ0n) is 8.83. The highest BCUT2D eigenvalue weighted by molar-refractivity contribution is 9.09. The van der Waals surface area contributed by atoms with Gasteiger partial charge in [0.2, 0.25) is 5.88 Å². The smallest absolute Gasteiger partial charge is 0.213 e. The molecule has 0 saturated heterocycles. The minimum Gasteiger partial charge on any atom is -0.481 e. The van der Waals surface area contributed by atoms with Crippen LogP contribution >= 0.6 is 15.9 Å². The molecule has 1 aromatic rings. The molecule has 14 heavy (non-hydrogen) atoms. The Labute approximate surface area is 93.8 Å². The highest BCUT2D eigenvalue weighted by Gasteiger charge is 2.10. The van der Waals surface area contributed by atoms with Gasteiger partial charge in [-0.05, 0) is 24.0 Å². The lowest BCUT2D eigenvalue weighted by atomic mass is 10.0. The molecule has 1 rings (SSSR count). The third-order valence-corrected chi connectivity index (χ3v) is 3.54. The van der Waals surface area contributed by atoms with Gasteiger partial charge in [0.25, 0.3) is 0 Å². The van der Waals surface area contributed by atoms with Gasteiger partial charge in [0.1, 0.15) is 0 Å². The molecule has 1 unspecified atom stereocenters. The summed E-state index contributed by atoms with van der Waals surface area (Å²) in [5.74, 6) is 1.32. The predicted octanol–water partition coefficient (Wildman–Crippen LogP) is 3.05. The van der Waals surface area contributed by atoms with E-state index in [1.165, 1.54) is 5.56 Å². The first-order chi connectivity index (χ1) is 6.63. The highest BCUT2D eigenvalue weighted by atomic mass is 79.9. The van der Waals surface area contributed by atoms with Crippen LogP contribution in [0.4, 0.5) is 0 Å². The van der Waals surface area contributed by atoms with Gasteiger partial charge in [-0.1, -0.05) is 29.8 Å². The van der Waals surface area contributed by atoms with Gasteiger partial charge in [0.15, 0.2) is 0 Å². The second kappa shape index (κ2) is 5.35. The number of hydrogen-bond donors (Lipinski definition) is 0. The van der Waals surface area contributed by atoms with Crippen LogP contribution in [0, 0.1) is 5.92 Å². The van der Waals surface area contributed by atoms with Crippen LogP contribution in [0.3, 0.4) is 0 Å². The van der Waals surface area contributed by atoms with Crippen molar-refractivity contribution in [3.05, 3.63) is 23.9 Å². The first-order valence-corrected chi connectivity index (χ1v) is 5.68. The number of rotatable bonds is 4. The molecule has 78 valence electrons. The first-order valence-electron chi connectivity index (χ1n) is 4.76. The van der Waals surface area contributed by atoms with Crippen molar-refractivity contribution in [2.24, 2.45) is 5.92 Å². The van der Waals surface area contributed by atoms with Crippen molar-refractivity contribution in [1.29, 1.82) is 0 Å². The predicted molar refractivity (Wildman–Crippen MR) is 62.0 cm³/mol. The zero-order chi connectivity index (χ0) is 10.6. The van der Waals surface area contributed by atoms with Crippen LogP contribution in [0.1, 0.15) is 19.4 Å². The number of nitrogens with zero attached hydrogens (tertiary/aromatic N) is 1. The van der Waals surface area contributed by atoms with E-state index in [1.54, 1.807) is 13.3 Å². The van der Waals surface area contributed by atoms with E-state index < -0.39 is 0 Å². The Kier molecular flexibility index (Phi) is 4.39. The maximum absolute atomic E-state index is 5.07. The monoisotopic (exact) mass is 257 g/mol. The number of halogens is 1. The standard InChI is InChI=1S/C11H16BrNO/c1-8(2)10(12)6-9-4-5-13-11(7-9)14-3/h4-5,7-8,10H,6H2,1-3H3. The van der Waals surface area contributed by atoms with Gasteiger partial charge in [-0.2, -0.15) is 0 Å². The zero-order valence-corrected chi connectivity index (χ0v) is 10.4.